The zero-order chi connectivity index (χ0) is 19.3. The Kier molecular flexibility index (Phi) is 5.59. The Balaban J connectivity index is 1.21. The molecular weight excluding hydrogens is 350 g/mol. The molecule has 1 atom stereocenters. The van der Waals surface area contributed by atoms with Gasteiger partial charge in [-0.15, -0.1) is 0 Å². The molecule has 0 aromatic heterocycles. The van der Waals surface area contributed by atoms with Crippen molar-refractivity contribution in [2.45, 2.75) is 25.2 Å². The molecule has 0 radical (unpaired) electrons. The SMILES string of the molecule is [C-]#[N+]c1ccc(OCCCN2CCC(C3C(=O)Nc4ccccc43)CC2)cc1. The van der Waals surface area contributed by atoms with Crippen LogP contribution in [0, 0.1) is 12.5 Å². The number of ether oxygens (including phenoxy) is 1. The van der Waals surface area contributed by atoms with Crippen molar-refractivity contribution in [3.05, 3.63) is 65.5 Å². The lowest BCUT2D eigenvalue weighted by Gasteiger charge is -2.34. The normalized spacial score (nSPS) is 19.7. The number of likely N-dealkylation sites (tertiary alicyclic amines) is 1. The van der Waals surface area contributed by atoms with Crippen LogP contribution in [-0.4, -0.2) is 37.0 Å². The molecule has 0 saturated carbocycles. The number of nitrogens with one attached hydrogen (secondary N) is 1. The molecular formula is C23H25N3O2. The molecule has 2 heterocycles. The standard InChI is InChI=1S/C23H25N3O2/c1-24-18-7-9-19(10-8-18)28-16-4-13-26-14-11-17(12-15-26)22-20-5-2-3-6-21(20)25-23(22)27/h2-3,5-10,17,22H,4,11-16H2,(H,25,27). The summed E-state index contributed by atoms with van der Waals surface area (Å²) in [6, 6.07) is 15.4. The van der Waals surface area contributed by atoms with E-state index in [2.05, 4.69) is 21.1 Å². The number of para-hydroxylation sites is 1. The molecule has 1 saturated heterocycles. The Morgan fingerprint density at radius 1 is 1.11 bits per heavy atom. The van der Waals surface area contributed by atoms with Gasteiger partial charge in [0, 0.05) is 12.2 Å². The Hall–Kier alpha value is -2.84. The van der Waals surface area contributed by atoms with Gasteiger partial charge in [0.05, 0.1) is 19.1 Å². The fourth-order valence-electron chi connectivity index (χ4n) is 4.31. The third kappa shape index (κ3) is 4.02. The minimum atomic E-state index is 0.0140. The van der Waals surface area contributed by atoms with E-state index in [1.165, 1.54) is 5.56 Å². The van der Waals surface area contributed by atoms with Crippen molar-refractivity contribution in [1.82, 2.24) is 4.90 Å². The maximum absolute atomic E-state index is 12.4. The van der Waals surface area contributed by atoms with Crippen molar-refractivity contribution in [2.24, 2.45) is 5.92 Å². The fourth-order valence-corrected chi connectivity index (χ4v) is 4.31. The summed E-state index contributed by atoms with van der Waals surface area (Å²) in [6.07, 6.45) is 3.10. The van der Waals surface area contributed by atoms with Crippen LogP contribution in [0.2, 0.25) is 0 Å². The van der Waals surface area contributed by atoms with Crippen LogP contribution in [0.3, 0.4) is 0 Å². The lowest BCUT2D eigenvalue weighted by atomic mass is 9.81. The monoisotopic (exact) mass is 375 g/mol. The Morgan fingerprint density at radius 3 is 2.61 bits per heavy atom. The summed E-state index contributed by atoms with van der Waals surface area (Å²) in [5, 5.41) is 3.04. The van der Waals surface area contributed by atoms with Gasteiger partial charge in [0.25, 0.3) is 0 Å². The number of hydrogen-bond donors (Lipinski definition) is 1. The molecule has 1 N–H and O–H groups in total. The first-order valence-corrected chi connectivity index (χ1v) is 9.97. The highest BCUT2D eigenvalue weighted by atomic mass is 16.5. The van der Waals surface area contributed by atoms with E-state index >= 15 is 0 Å². The van der Waals surface area contributed by atoms with E-state index in [1.54, 1.807) is 12.1 Å². The molecule has 4 rings (SSSR count). The molecule has 0 aliphatic carbocycles. The predicted molar refractivity (Wildman–Crippen MR) is 110 cm³/mol. The first kappa shape index (κ1) is 18.5. The molecule has 0 spiro atoms. The van der Waals surface area contributed by atoms with Crippen LogP contribution in [0.4, 0.5) is 11.4 Å². The number of nitrogens with zero attached hydrogens (tertiary/aromatic N) is 2. The van der Waals surface area contributed by atoms with Gasteiger partial charge < -0.3 is 15.0 Å². The van der Waals surface area contributed by atoms with E-state index < -0.39 is 0 Å². The van der Waals surface area contributed by atoms with Crippen LogP contribution in [0.5, 0.6) is 5.75 Å². The lowest BCUT2D eigenvalue weighted by Crippen LogP contribution is -2.37. The molecule has 1 fully saturated rings. The number of fused-ring (bicyclic) bond motifs is 1. The summed E-state index contributed by atoms with van der Waals surface area (Å²) in [5.74, 6) is 1.42. The Morgan fingerprint density at radius 2 is 1.86 bits per heavy atom. The molecule has 2 aliphatic heterocycles. The zero-order valence-electron chi connectivity index (χ0n) is 15.9. The van der Waals surface area contributed by atoms with Gasteiger partial charge in [-0.25, -0.2) is 4.85 Å². The number of carbonyl (C=O) groups is 1. The van der Waals surface area contributed by atoms with Crippen molar-refractivity contribution < 1.29 is 9.53 Å². The molecule has 5 nitrogen and oxygen atoms in total. The van der Waals surface area contributed by atoms with Crippen LogP contribution in [0.1, 0.15) is 30.7 Å². The topological polar surface area (TPSA) is 45.9 Å². The van der Waals surface area contributed by atoms with Crippen LogP contribution in [-0.2, 0) is 4.79 Å². The van der Waals surface area contributed by atoms with Gasteiger partial charge in [0.1, 0.15) is 5.75 Å². The molecule has 0 bridgehead atoms. The van der Waals surface area contributed by atoms with Gasteiger partial charge in [0.2, 0.25) is 5.91 Å². The van der Waals surface area contributed by atoms with E-state index in [0.29, 0.717) is 18.2 Å². The minimum absolute atomic E-state index is 0.0140. The quantitative estimate of drug-likeness (QED) is 0.599. The van der Waals surface area contributed by atoms with Crippen LogP contribution < -0.4 is 10.1 Å². The van der Waals surface area contributed by atoms with Gasteiger partial charge in [0.15, 0.2) is 5.69 Å². The maximum Gasteiger partial charge on any atom is 0.232 e. The molecule has 2 aliphatic rings. The van der Waals surface area contributed by atoms with Gasteiger partial charge in [-0.1, -0.05) is 30.3 Å². The van der Waals surface area contributed by atoms with Crippen molar-refractivity contribution in [1.29, 1.82) is 0 Å². The molecule has 2 aromatic rings. The molecule has 1 amide bonds. The number of carbonyl (C=O) groups excluding carboxylic acids is 1. The summed E-state index contributed by atoms with van der Waals surface area (Å²) in [7, 11) is 0. The number of hydrogen-bond acceptors (Lipinski definition) is 3. The van der Waals surface area contributed by atoms with Crippen molar-refractivity contribution in [2.75, 3.05) is 31.6 Å². The van der Waals surface area contributed by atoms with E-state index in [1.807, 2.05) is 30.3 Å². The summed E-state index contributed by atoms with van der Waals surface area (Å²) in [5.41, 5.74) is 2.79. The average molecular weight is 375 g/mol. The van der Waals surface area contributed by atoms with E-state index in [4.69, 9.17) is 11.3 Å². The first-order chi connectivity index (χ1) is 13.7. The third-order valence-corrected chi connectivity index (χ3v) is 5.79. The van der Waals surface area contributed by atoms with E-state index in [0.717, 1.165) is 50.3 Å². The highest BCUT2D eigenvalue weighted by Gasteiger charge is 2.37. The number of anilines is 1. The summed E-state index contributed by atoms with van der Waals surface area (Å²) < 4.78 is 5.77. The number of benzene rings is 2. The number of amides is 1. The van der Waals surface area contributed by atoms with Crippen molar-refractivity contribution in [3.63, 3.8) is 0 Å². The second kappa shape index (κ2) is 8.45. The molecule has 1 unspecified atom stereocenters. The van der Waals surface area contributed by atoms with E-state index in [9.17, 15) is 4.79 Å². The van der Waals surface area contributed by atoms with Gasteiger partial charge in [-0.2, -0.15) is 0 Å². The van der Waals surface area contributed by atoms with Crippen LogP contribution >= 0.6 is 0 Å². The second-order valence-corrected chi connectivity index (χ2v) is 7.54. The molecule has 144 valence electrons. The van der Waals surface area contributed by atoms with E-state index in [-0.39, 0.29) is 11.8 Å². The molecule has 2 aromatic carbocycles. The largest absolute Gasteiger partial charge is 0.494 e. The lowest BCUT2D eigenvalue weighted by molar-refractivity contribution is -0.118. The highest BCUT2D eigenvalue weighted by Crippen LogP contribution is 2.41. The van der Waals surface area contributed by atoms with Crippen molar-refractivity contribution in [3.8, 4) is 5.75 Å². The predicted octanol–water partition coefficient (Wildman–Crippen LogP) is 4.45. The maximum atomic E-state index is 12.4. The molecule has 5 heteroatoms. The Bertz CT molecular complexity index is 864. The number of rotatable bonds is 6. The van der Waals surface area contributed by atoms with Gasteiger partial charge in [-0.05, 0) is 62.0 Å². The second-order valence-electron chi connectivity index (χ2n) is 7.54. The summed E-state index contributed by atoms with van der Waals surface area (Å²) in [6.45, 7) is 10.7. The average Bonchev–Trinajstić information content (AvgIpc) is 3.08. The minimum Gasteiger partial charge on any atom is -0.494 e. The van der Waals surface area contributed by atoms with Crippen LogP contribution in [0.25, 0.3) is 4.85 Å². The van der Waals surface area contributed by atoms with Crippen LogP contribution in [0.15, 0.2) is 48.5 Å². The van der Waals surface area contributed by atoms with Gasteiger partial charge in [-0.3, -0.25) is 4.79 Å². The van der Waals surface area contributed by atoms with Crippen molar-refractivity contribution >= 4 is 17.3 Å². The summed E-state index contributed by atoms with van der Waals surface area (Å²) >= 11 is 0. The first-order valence-electron chi connectivity index (χ1n) is 9.97. The number of piperidine rings is 1. The molecule has 28 heavy (non-hydrogen) atoms. The highest BCUT2D eigenvalue weighted by molar-refractivity contribution is 6.03. The summed E-state index contributed by atoms with van der Waals surface area (Å²) in [4.78, 5) is 18.3. The zero-order valence-corrected chi connectivity index (χ0v) is 15.9. The Labute approximate surface area is 166 Å². The fraction of sp³-hybridized carbons (Fsp3) is 0.391. The van der Waals surface area contributed by atoms with Gasteiger partial charge >= 0.3 is 0 Å². The smallest absolute Gasteiger partial charge is 0.232 e. The third-order valence-electron chi connectivity index (χ3n) is 5.79.